The van der Waals surface area contributed by atoms with Gasteiger partial charge in [0, 0.05) is 12.5 Å². The molecule has 1 aliphatic carbocycles. The molecule has 0 saturated heterocycles. The maximum Gasteiger partial charge on any atom is 0.305 e. The molecule has 214 valence electrons. The van der Waals surface area contributed by atoms with E-state index >= 15 is 0 Å². The first-order chi connectivity index (χ1) is 17.7. The Morgan fingerprint density at radius 2 is 1.19 bits per heavy atom. The first kappa shape index (κ1) is 33.4. The summed E-state index contributed by atoms with van der Waals surface area (Å²) in [7, 11) is 0. The van der Waals surface area contributed by atoms with Crippen LogP contribution in [0.5, 0.6) is 0 Å². The van der Waals surface area contributed by atoms with E-state index in [1.54, 1.807) is 0 Å². The number of carbonyl (C=O) groups excluding carboxylic acids is 1. The van der Waals surface area contributed by atoms with Crippen molar-refractivity contribution in [1.82, 2.24) is 5.32 Å². The lowest BCUT2D eigenvalue weighted by molar-refractivity contribution is -0.143. The normalized spacial score (nSPS) is 17.9. The van der Waals surface area contributed by atoms with Crippen molar-refractivity contribution in [3.05, 3.63) is 0 Å². The Balaban J connectivity index is 1.70. The van der Waals surface area contributed by atoms with Crippen molar-refractivity contribution in [2.75, 3.05) is 13.2 Å². The van der Waals surface area contributed by atoms with Crippen LogP contribution in [0.15, 0.2) is 0 Å². The zero-order valence-corrected chi connectivity index (χ0v) is 24.2. The van der Waals surface area contributed by atoms with E-state index in [4.69, 9.17) is 4.74 Å². The van der Waals surface area contributed by atoms with Crippen LogP contribution < -0.4 is 5.32 Å². The smallest absolute Gasteiger partial charge is 0.305 e. The maximum atomic E-state index is 11.9. The van der Waals surface area contributed by atoms with Gasteiger partial charge in [0.25, 0.3) is 0 Å². The summed E-state index contributed by atoms with van der Waals surface area (Å²) in [4.78, 5) is 11.9. The summed E-state index contributed by atoms with van der Waals surface area (Å²) in [5, 5.41) is 13.3. The Morgan fingerprint density at radius 1 is 0.694 bits per heavy atom. The highest BCUT2D eigenvalue weighted by molar-refractivity contribution is 5.69. The van der Waals surface area contributed by atoms with Crippen molar-refractivity contribution < 1.29 is 14.6 Å². The monoisotopic (exact) mass is 509 g/mol. The third-order valence-corrected chi connectivity index (χ3v) is 7.90. The fourth-order valence-electron chi connectivity index (χ4n) is 5.49. The third-order valence-electron chi connectivity index (χ3n) is 7.90. The number of ether oxygens (including phenoxy) is 1. The zero-order valence-electron chi connectivity index (χ0n) is 24.2. The van der Waals surface area contributed by atoms with E-state index in [1.807, 2.05) is 0 Å². The van der Waals surface area contributed by atoms with Crippen molar-refractivity contribution in [3.8, 4) is 0 Å². The van der Waals surface area contributed by atoms with E-state index < -0.39 is 0 Å². The molecular formula is C32H63NO3. The minimum absolute atomic E-state index is 0.00603. The van der Waals surface area contributed by atoms with E-state index in [0.717, 1.165) is 45.1 Å². The fourth-order valence-corrected chi connectivity index (χ4v) is 5.49. The van der Waals surface area contributed by atoms with Gasteiger partial charge in [-0.3, -0.25) is 4.79 Å². The average molecular weight is 510 g/mol. The molecule has 0 aromatic carbocycles. The molecule has 1 saturated carbocycles. The molecule has 0 spiro atoms. The molecule has 2 N–H and O–H groups in total. The lowest BCUT2D eigenvalue weighted by Crippen LogP contribution is -2.36. The Morgan fingerprint density at radius 3 is 1.75 bits per heavy atom. The minimum Gasteiger partial charge on any atom is -0.466 e. The van der Waals surface area contributed by atoms with Gasteiger partial charge in [-0.15, -0.1) is 0 Å². The maximum absolute atomic E-state index is 11.9. The number of carbonyl (C=O) groups is 1. The molecule has 4 nitrogen and oxygen atoms in total. The Bertz CT molecular complexity index is 470. The molecule has 1 fully saturated rings. The number of aliphatic hydroxyl groups is 1. The second kappa shape index (κ2) is 26.0. The van der Waals surface area contributed by atoms with Gasteiger partial charge in [0.2, 0.25) is 0 Å². The third kappa shape index (κ3) is 22.6. The molecule has 2 unspecified atom stereocenters. The number of esters is 1. The second-order valence-corrected chi connectivity index (χ2v) is 11.5. The van der Waals surface area contributed by atoms with Crippen LogP contribution in [0.25, 0.3) is 0 Å². The van der Waals surface area contributed by atoms with Crippen molar-refractivity contribution in [2.45, 2.75) is 186 Å². The molecule has 1 aliphatic rings. The van der Waals surface area contributed by atoms with Gasteiger partial charge in [0.05, 0.1) is 12.7 Å². The Kier molecular flexibility index (Phi) is 24.1. The van der Waals surface area contributed by atoms with Crippen LogP contribution in [0.4, 0.5) is 0 Å². The number of hydrogen-bond acceptors (Lipinski definition) is 4. The van der Waals surface area contributed by atoms with Crippen molar-refractivity contribution in [1.29, 1.82) is 0 Å². The number of aliphatic hydroxyl groups excluding tert-OH is 1. The lowest BCUT2D eigenvalue weighted by atomic mass is 9.93. The van der Waals surface area contributed by atoms with Gasteiger partial charge in [-0.05, 0) is 51.5 Å². The average Bonchev–Trinajstić information content (AvgIpc) is 2.87. The number of unbranched alkanes of at least 4 members (excludes halogenated alkanes) is 19. The number of rotatable bonds is 26. The van der Waals surface area contributed by atoms with Crippen LogP contribution in [0.3, 0.4) is 0 Å². The topological polar surface area (TPSA) is 58.6 Å². The SMILES string of the molecule is CCCCCCCCCCCCCCCCCCOC(=O)CCCCCCCNC1CCCC(O)C1. The quantitative estimate of drug-likeness (QED) is 0.0902. The molecule has 36 heavy (non-hydrogen) atoms. The molecule has 0 aliphatic heterocycles. The highest BCUT2D eigenvalue weighted by Gasteiger charge is 2.18. The molecule has 0 aromatic heterocycles. The van der Waals surface area contributed by atoms with E-state index in [9.17, 15) is 9.90 Å². The molecule has 4 heteroatoms. The van der Waals surface area contributed by atoms with Gasteiger partial charge in [-0.2, -0.15) is 0 Å². The highest BCUT2D eigenvalue weighted by Crippen LogP contribution is 2.18. The lowest BCUT2D eigenvalue weighted by Gasteiger charge is -2.26. The van der Waals surface area contributed by atoms with E-state index in [0.29, 0.717) is 19.1 Å². The van der Waals surface area contributed by atoms with E-state index in [1.165, 1.54) is 122 Å². The van der Waals surface area contributed by atoms with Crippen LogP contribution in [-0.4, -0.2) is 36.4 Å². The minimum atomic E-state index is -0.0972. The molecule has 0 amide bonds. The first-order valence-corrected chi connectivity index (χ1v) is 16.3. The van der Waals surface area contributed by atoms with Crippen LogP contribution in [0.2, 0.25) is 0 Å². The van der Waals surface area contributed by atoms with Gasteiger partial charge in [0.15, 0.2) is 0 Å². The van der Waals surface area contributed by atoms with Crippen LogP contribution in [0.1, 0.15) is 174 Å². The van der Waals surface area contributed by atoms with Crippen LogP contribution >= 0.6 is 0 Å². The fraction of sp³-hybridized carbons (Fsp3) is 0.969. The molecular weight excluding hydrogens is 446 g/mol. The molecule has 0 aromatic rings. The number of hydrogen-bond donors (Lipinski definition) is 2. The molecule has 0 bridgehead atoms. The largest absolute Gasteiger partial charge is 0.466 e. The molecule has 2 atom stereocenters. The second-order valence-electron chi connectivity index (χ2n) is 11.5. The Labute approximate surface area is 225 Å². The van der Waals surface area contributed by atoms with E-state index in [-0.39, 0.29) is 12.1 Å². The molecule has 0 heterocycles. The van der Waals surface area contributed by atoms with E-state index in [2.05, 4.69) is 12.2 Å². The van der Waals surface area contributed by atoms with Gasteiger partial charge < -0.3 is 15.2 Å². The van der Waals surface area contributed by atoms with Gasteiger partial charge in [-0.25, -0.2) is 0 Å². The molecule has 1 rings (SSSR count). The van der Waals surface area contributed by atoms with Crippen molar-refractivity contribution >= 4 is 5.97 Å². The Hall–Kier alpha value is -0.610. The van der Waals surface area contributed by atoms with Crippen molar-refractivity contribution in [3.63, 3.8) is 0 Å². The summed E-state index contributed by atoms with van der Waals surface area (Å²) < 4.78 is 5.41. The highest BCUT2D eigenvalue weighted by atomic mass is 16.5. The summed E-state index contributed by atoms with van der Waals surface area (Å²) in [5.74, 6) is -0.00603. The van der Waals surface area contributed by atoms with Gasteiger partial charge in [0.1, 0.15) is 0 Å². The van der Waals surface area contributed by atoms with Crippen molar-refractivity contribution in [2.24, 2.45) is 0 Å². The summed E-state index contributed by atoms with van der Waals surface area (Å²) in [6.45, 7) is 3.95. The van der Waals surface area contributed by atoms with Crippen LogP contribution in [0, 0.1) is 0 Å². The summed E-state index contributed by atoms with van der Waals surface area (Å²) in [5.41, 5.74) is 0. The predicted octanol–water partition coefficient (Wildman–Crippen LogP) is 9.02. The standard InChI is InChI=1S/C32H63NO3/c1-2-3-4-5-6-7-8-9-10-11-12-13-14-15-19-22-28-36-32(35)26-20-17-16-18-21-27-33-30-24-23-25-31(34)29-30/h30-31,33-34H,2-29H2,1H3. The zero-order chi connectivity index (χ0) is 25.9. The summed E-state index contributed by atoms with van der Waals surface area (Å²) in [6.07, 6.45) is 32.3. The van der Waals surface area contributed by atoms with Crippen LogP contribution in [-0.2, 0) is 9.53 Å². The number of nitrogens with one attached hydrogen (secondary N) is 1. The van der Waals surface area contributed by atoms with Gasteiger partial charge in [-0.1, -0.05) is 122 Å². The van der Waals surface area contributed by atoms with Gasteiger partial charge >= 0.3 is 5.97 Å². The summed E-state index contributed by atoms with van der Waals surface area (Å²) >= 11 is 0. The molecule has 0 radical (unpaired) electrons. The predicted molar refractivity (Wildman–Crippen MR) is 154 cm³/mol. The first-order valence-electron chi connectivity index (χ1n) is 16.3. The summed E-state index contributed by atoms with van der Waals surface area (Å²) in [6, 6.07) is 0.512.